The van der Waals surface area contributed by atoms with Gasteiger partial charge in [-0.2, -0.15) is 0 Å². The van der Waals surface area contributed by atoms with Crippen LogP contribution < -0.4 is 5.32 Å². The first-order chi connectivity index (χ1) is 9.47. The van der Waals surface area contributed by atoms with Crippen molar-refractivity contribution < 1.29 is 19.1 Å². The third kappa shape index (κ3) is 2.27. The summed E-state index contributed by atoms with van der Waals surface area (Å²) in [5.74, 6) is -1.56. The van der Waals surface area contributed by atoms with Crippen LogP contribution in [0.15, 0.2) is 24.3 Å². The number of amides is 3. The van der Waals surface area contributed by atoms with E-state index in [1.807, 2.05) is 0 Å². The summed E-state index contributed by atoms with van der Waals surface area (Å²) in [6.45, 7) is 1.45. The fourth-order valence-electron chi connectivity index (χ4n) is 1.93. The number of hydrogen-bond donors (Lipinski definition) is 1. The number of carbonyl (C=O) groups excluding carboxylic acids is 3. The lowest BCUT2D eigenvalue weighted by Crippen LogP contribution is -2.49. The highest BCUT2D eigenvalue weighted by Gasteiger charge is 2.40. The summed E-state index contributed by atoms with van der Waals surface area (Å²) in [5.41, 5.74) is 0.595. The maximum atomic E-state index is 12.2. The highest BCUT2D eigenvalue weighted by atomic mass is 32.1. The molecule has 20 heavy (non-hydrogen) atoms. The largest absolute Gasteiger partial charge is 0.474 e. The van der Waals surface area contributed by atoms with Gasteiger partial charge < -0.3 is 4.74 Å². The number of nitrogens with zero attached hydrogens (tertiary/aromatic N) is 1. The Morgan fingerprint density at radius 2 is 1.75 bits per heavy atom. The van der Waals surface area contributed by atoms with Crippen LogP contribution in [0, 0.1) is 0 Å². The molecule has 1 N–H and O–H groups in total. The van der Waals surface area contributed by atoms with E-state index in [-0.39, 0.29) is 5.17 Å². The lowest BCUT2D eigenvalue weighted by atomic mass is 10.1. The predicted molar refractivity (Wildman–Crippen MR) is 74.2 cm³/mol. The van der Waals surface area contributed by atoms with Crippen molar-refractivity contribution in [3.05, 3.63) is 35.4 Å². The first-order valence-electron chi connectivity index (χ1n) is 5.83. The van der Waals surface area contributed by atoms with Crippen LogP contribution in [0.5, 0.6) is 0 Å². The van der Waals surface area contributed by atoms with E-state index in [0.29, 0.717) is 11.1 Å². The van der Waals surface area contributed by atoms with Crippen LogP contribution in [0.1, 0.15) is 27.6 Å². The smallest absolute Gasteiger partial charge is 0.263 e. The second kappa shape index (κ2) is 5.38. The summed E-state index contributed by atoms with van der Waals surface area (Å²) >= 11 is 4.71. The molecule has 1 aliphatic heterocycles. The molecule has 1 atom stereocenters. The quantitative estimate of drug-likeness (QED) is 0.642. The van der Waals surface area contributed by atoms with E-state index in [0.717, 1.165) is 4.90 Å². The van der Waals surface area contributed by atoms with Crippen LogP contribution in [0.25, 0.3) is 0 Å². The molecule has 1 aliphatic rings. The molecule has 0 fully saturated rings. The lowest BCUT2D eigenvalue weighted by molar-refractivity contribution is -0.123. The molecule has 104 valence electrons. The standard InChI is InChI=1S/C13H12N2O4S/c1-7(10(16)14-13(20)19-2)15-11(17)8-5-3-4-6-9(8)12(15)18/h3-7H,1-2H3,(H,14,16,20)/t7-/m0/s1. The fraction of sp³-hybridized carbons (Fsp3) is 0.231. The van der Waals surface area contributed by atoms with Crippen LogP contribution >= 0.6 is 12.2 Å². The van der Waals surface area contributed by atoms with E-state index in [2.05, 4.69) is 10.1 Å². The number of hydrogen-bond acceptors (Lipinski definition) is 5. The van der Waals surface area contributed by atoms with Gasteiger partial charge in [0.05, 0.1) is 18.2 Å². The molecule has 6 nitrogen and oxygen atoms in total. The summed E-state index contributed by atoms with van der Waals surface area (Å²) in [4.78, 5) is 37.2. The zero-order valence-corrected chi connectivity index (χ0v) is 11.7. The van der Waals surface area contributed by atoms with Gasteiger partial charge in [0, 0.05) is 0 Å². The highest BCUT2D eigenvalue weighted by molar-refractivity contribution is 7.80. The maximum Gasteiger partial charge on any atom is 0.263 e. The van der Waals surface area contributed by atoms with Gasteiger partial charge in [-0.1, -0.05) is 12.1 Å². The van der Waals surface area contributed by atoms with Gasteiger partial charge in [0.2, 0.25) is 5.91 Å². The number of carbonyl (C=O) groups is 3. The van der Waals surface area contributed by atoms with Crippen LogP contribution in [-0.4, -0.2) is 40.9 Å². The first kappa shape index (κ1) is 14.1. The van der Waals surface area contributed by atoms with Crippen LogP contribution in [0.3, 0.4) is 0 Å². The molecule has 2 rings (SSSR count). The van der Waals surface area contributed by atoms with Gasteiger partial charge in [0.25, 0.3) is 17.0 Å². The number of methoxy groups -OCH3 is 1. The summed E-state index contributed by atoms with van der Waals surface area (Å²) in [7, 11) is 1.31. The number of fused-ring (bicyclic) bond motifs is 1. The number of thiocarbonyl (C=S) groups is 1. The molecule has 3 amide bonds. The zero-order chi connectivity index (χ0) is 14.9. The summed E-state index contributed by atoms with van der Waals surface area (Å²) in [5, 5.41) is 2.19. The topological polar surface area (TPSA) is 75.7 Å². The Hall–Kier alpha value is -2.28. The second-order valence-corrected chi connectivity index (χ2v) is 4.55. The van der Waals surface area contributed by atoms with Gasteiger partial charge in [-0.25, -0.2) is 0 Å². The summed E-state index contributed by atoms with van der Waals surface area (Å²) < 4.78 is 4.66. The Labute approximate surface area is 120 Å². The molecule has 1 aromatic carbocycles. The first-order valence-corrected chi connectivity index (χ1v) is 6.24. The minimum atomic E-state index is -0.976. The Balaban J connectivity index is 2.23. The summed E-state index contributed by atoms with van der Waals surface area (Å²) in [6.07, 6.45) is 0. The number of benzene rings is 1. The minimum Gasteiger partial charge on any atom is -0.474 e. The third-order valence-corrected chi connectivity index (χ3v) is 3.27. The number of imide groups is 1. The van der Waals surface area contributed by atoms with Crippen molar-refractivity contribution in [3.63, 3.8) is 0 Å². The molecule has 7 heteroatoms. The van der Waals surface area contributed by atoms with Crippen LogP contribution in [-0.2, 0) is 9.53 Å². The molecule has 0 saturated heterocycles. The van der Waals surface area contributed by atoms with E-state index in [1.165, 1.54) is 14.0 Å². The van der Waals surface area contributed by atoms with Crippen molar-refractivity contribution in [2.45, 2.75) is 13.0 Å². The van der Waals surface area contributed by atoms with Crippen LogP contribution in [0.2, 0.25) is 0 Å². The van der Waals surface area contributed by atoms with Crippen molar-refractivity contribution in [1.82, 2.24) is 10.2 Å². The molecule has 0 spiro atoms. The van der Waals surface area contributed by atoms with E-state index < -0.39 is 23.8 Å². The van der Waals surface area contributed by atoms with E-state index in [4.69, 9.17) is 12.2 Å². The average Bonchev–Trinajstić information content (AvgIpc) is 2.70. The Kier molecular flexibility index (Phi) is 3.80. The van der Waals surface area contributed by atoms with Crippen molar-refractivity contribution in [3.8, 4) is 0 Å². The van der Waals surface area contributed by atoms with Gasteiger partial charge in [0.15, 0.2) is 0 Å². The van der Waals surface area contributed by atoms with E-state index >= 15 is 0 Å². The van der Waals surface area contributed by atoms with E-state index in [1.54, 1.807) is 24.3 Å². The van der Waals surface area contributed by atoms with Gasteiger partial charge in [-0.15, -0.1) is 0 Å². The number of ether oxygens (including phenoxy) is 1. The molecule has 0 saturated carbocycles. The van der Waals surface area contributed by atoms with Crippen molar-refractivity contribution in [2.75, 3.05) is 7.11 Å². The third-order valence-electron chi connectivity index (χ3n) is 3.00. The van der Waals surface area contributed by atoms with Gasteiger partial charge in [-0.3, -0.25) is 24.6 Å². The Morgan fingerprint density at radius 1 is 1.25 bits per heavy atom. The van der Waals surface area contributed by atoms with Crippen molar-refractivity contribution >= 4 is 35.1 Å². The monoisotopic (exact) mass is 292 g/mol. The highest BCUT2D eigenvalue weighted by Crippen LogP contribution is 2.24. The van der Waals surface area contributed by atoms with Gasteiger partial charge in [0.1, 0.15) is 6.04 Å². The molecule has 0 bridgehead atoms. The molecule has 0 aromatic heterocycles. The van der Waals surface area contributed by atoms with Gasteiger partial charge >= 0.3 is 0 Å². The molecule has 1 heterocycles. The second-order valence-electron chi connectivity index (χ2n) is 4.18. The normalized spacial score (nSPS) is 14.8. The van der Waals surface area contributed by atoms with Crippen LogP contribution in [0.4, 0.5) is 0 Å². The molecule has 0 aliphatic carbocycles. The fourth-order valence-corrected chi connectivity index (χ4v) is 2.03. The van der Waals surface area contributed by atoms with E-state index in [9.17, 15) is 14.4 Å². The predicted octanol–water partition coefficient (Wildman–Crippen LogP) is 0.719. The summed E-state index contributed by atoms with van der Waals surface area (Å²) in [6, 6.07) is 5.46. The minimum absolute atomic E-state index is 0.113. The maximum absolute atomic E-state index is 12.2. The molecular formula is C13H12N2O4S. The average molecular weight is 292 g/mol. The van der Waals surface area contributed by atoms with Crippen molar-refractivity contribution in [1.29, 1.82) is 0 Å². The van der Waals surface area contributed by atoms with Crippen molar-refractivity contribution in [2.24, 2.45) is 0 Å². The number of nitrogens with one attached hydrogen (secondary N) is 1. The lowest BCUT2D eigenvalue weighted by Gasteiger charge is -2.21. The molecular weight excluding hydrogens is 280 g/mol. The van der Waals surface area contributed by atoms with Gasteiger partial charge in [-0.05, 0) is 31.3 Å². The SMILES string of the molecule is COC(=S)NC(=O)[C@H](C)N1C(=O)c2ccccc2C1=O. The molecule has 0 radical (unpaired) electrons. The molecule has 1 aromatic rings. The molecule has 0 unspecified atom stereocenters. The Morgan fingerprint density at radius 3 is 2.20 bits per heavy atom. The number of rotatable bonds is 2. The Bertz CT molecular complexity index is 579. The zero-order valence-electron chi connectivity index (χ0n) is 10.9.